The highest BCUT2D eigenvalue weighted by Crippen LogP contribution is 2.34. The van der Waals surface area contributed by atoms with Crippen LogP contribution in [0.25, 0.3) is 11.3 Å². The molecule has 24 heavy (non-hydrogen) atoms. The van der Waals surface area contributed by atoms with Crippen LogP contribution in [0.1, 0.15) is 24.6 Å². The molecule has 2 heterocycles. The first-order chi connectivity index (χ1) is 11.7. The van der Waals surface area contributed by atoms with Crippen LogP contribution < -0.4 is 11.1 Å². The Morgan fingerprint density at radius 1 is 1.33 bits per heavy atom. The Morgan fingerprint density at radius 2 is 2.04 bits per heavy atom. The second-order valence-electron chi connectivity index (χ2n) is 6.06. The fourth-order valence-corrected chi connectivity index (χ4v) is 3.90. The molecule has 0 radical (unpaired) electrons. The molecular formula is C18H23N3O2S. The van der Waals surface area contributed by atoms with Gasteiger partial charge in [0.15, 0.2) is 5.13 Å². The molecule has 0 saturated carbocycles. The molecule has 1 fully saturated rings. The third kappa shape index (κ3) is 3.36. The molecule has 2 aromatic rings. The van der Waals surface area contributed by atoms with Crippen LogP contribution >= 0.6 is 11.3 Å². The van der Waals surface area contributed by atoms with Crippen LogP contribution in [-0.4, -0.2) is 30.6 Å². The van der Waals surface area contributed by atoms with Gasteiger partial charge in [0.25, 0.3) is 0 Å². The lowest BCUT2D eigenvalue weighted by atomic mass is 9.79. The van der Waals surface area contributed by atoms with E-state index in [1.54, 1.807) is 11.3 Å². The van der Waals surface area contributed by atoms with E-state index >= 15 is 0 Å². The van der Waals surface area contributed by atoms with Gasteiger partial charge in [-0.15, -0.1) is 11.3 Å². The van der Waals surface area contributed by atoms with Gasteiger partial charge >= 0.3 is 0 Å². The number of benzene rings is 1. The maximum atomic E-state index is 12.8. The predicted molar refractivity (Wildman–Crippen MR) is 97.1 cm³/mol. The number of nitrogens with two attached hydrogens (primary N) is 1. The zero-order valence-corrected chi connectivity index (χ0v) is 14.7. The van der Waals surface area contributed by atoms with Crippen LogP contribution in [0.15, 0.2) is 30.3 Å². The minimum absolute atomic E-state index is 0.0377. The first kappa shape index (κ1) is 17.1. The smallest absolute Gasteiger partial charge is 0.233 e. The summed E-state index contributed by atoms with van der Waals surface area (Å²) in [5.74, 6) is -0.0377. The molecule has 0 bridgehead atoms. The average Bonchev–Trinajstić information content (AvgIpc) is 3.06. The Kier molecular flexibility index (Phi) is 5.28. The van der Waals surface area contributed by atoms with Gasteiger partial charge in [-0.25, -0.2) is 4.98 Å². The molecule has 6 heteroatoms. The summed E-state index contributed by atoms with van der Waals surface area (Å²) in [6.07, 6.45) is 2.20. The number of rotatable bonds is 5. The van der Waals surface area contributed by atoms with Crippen LogP contribution in [0, 0.1) is 5.41 Å². The number of carbonyl (C=O) groups is 1. The van der Waals surface area contributed by atoms with E-state index in [-0.39, 0.29) is 5.91 Å². The normalized spacial score (nSPS) is 16.8. The minimum atomic E-state index is -0.538. The van der Waals surface area contributed by atoms with Gasteiger partial charge in [0.1, 0.15) is 0 Å². The fourth-order valence-electron chi connectivity index (χ4n) is 2.98. The summed E-state index contributed by atoms with van der Waals surface area (Å²) in [7, 11) is 0. The second-order valence-corrected chi connectivity index (χ2v) is 7.14. The lowest BCUT2D eigenvalue weighted by Crippen LogP contribution is -2.46. The van der Waals surface area contributed by atoms with E-state index in [4.69, 9.17) is 10.5 Å². The summed E-state index contributed by atoms with van der Waals surface area (Å²) >= 11 is 1.54. The van der Waals surface area contributed by atoms with E-state index in [1.807, 2.05) is 30.3 Å². The molecule has 1 saturated heterocycles. The molecule has 1 amide bonds. The summed E-state index contributed by atoms with van der Waals surface area (Å²) in [5, 5.41) is 3.65. The van der Waals surface area contributed by atoms with Crippen LogP contribution in [0.4, 0.5) is 5.13 Å². The van der Waals surface area contributed by atoms with Crippen molar-refractivity contribution in [2.45, 2.75) is 26.2 Å². The fraction of sp³-hybridized carbons (Fsp3) is 0.444. The first-order valence-electron chi connectivity index (χ1n) is 8.33. The number of thiazole rings is 1. The molecular weight excluding hydrogens is 322 g/mol. The maximum Gasteiger partial charge on any atom is 0.233 e. The Bertz CT molecular complexity index is 694. The number of ether oxygens (including phenoxy) is 1. The third-order valence-corrected chi connectivity index (χ3v) is 5.72. The summed E-state index contributed by atoms with van der Waals surface area (Å²) in [6, 6.07) is 10.1. The van der Waals surface area contributed by atoms with Gasteiger partial charge in [-0.1, -0.05) is 37.3 Å². The van der Waals surface area contributed by atoms with Gasteiger partial charge in [-0.05, 0) is 19.3 Å². The van der Waals surface area contributed by atoms with Gasteiger partial charge in [0.2, 0.25) is 5.91 Å². The number of carbonyl (C=O) groups excluding carboxylic acids is 1. The first-order valence-corrected chi connectivity index (χ1v) is 9.14. The van der Waals surface area contributed by atoms with Gasteiger partial charge in [0, 0.05) is 30.2 Å². The van der Waals surface area contributed by atoms with Gasteiger partial charge < -0.3 is 15.8 Å². The zero-order chi connectivity index (χ0) is 17.0. The van der Waals surface area contributed by atoms with Crippen molar-refractivity contribution in [2.75, 3.05) is 25.1 Å². The van der Waals surface area contributed by atoms with Crippen LogP contribution in [0.5, 0.6) is 0 Å². The van der Waals surface area contributed by atoms with Crippen LogP contribution in [-0.2, 0) is 16.0 Å². The number of anilines is 1. The van der Waals surface area contributed by atoms with Crippen molar-refractivity contribution in [1.82, 2.24) is 4.98 Å². The molecule has 0 spiro atoms. The Balaban J connectivity index is 1.83. The SMILES string of the molecule is CCc1sc(NC(=O)C2(CN)CCOCC2)nc1-c1ccccc1. The summed E-state index contributed by atoms with van der Waals surface area (Å²) < 4.78 is 5.38. The van der Waals surface area contributed by atoms with Crippen molar-refractivity contribution in [3.8, 4) is 11.3 Å². The van der Waals surface area contributed by atoms with E-state index in [2.05, 4.69) is 17.2 Å². The van der Waals surface area contributed by atoms with Gasteiger partial charge in [-0.2, -0.15) is 0 Å². The van der Waals surface area contributed by atoms with Crippen LogP contribution in [0.2, 0.25) is 0 Å². The van der Waals surface area contributed by atoms with E-state index in [9.17, 15) is 4.79 Å². The van der Waals surface area contributed by atoms with Gasteiger partial charge in [-0.3, -0.25) is 4.79 Å². The number of nitrogens with one attached hydrogen (secondary N) is 1. The molecule has 1 aromatic carbocycles. The molecule has 0 aliphatic carbocycles. The lowest BCUT2D eigenvalue weighted by molar-refractivity contribution is -0.130. The van der Waals surface area contributed by atoms with Gasteiger partial charge in [0.05, 0.1) is 11.1 Å². The summed E-state index contributed by atoms with van der Waals surface area (Å²) in [4.78, 5) is 18.6. The summed E-state index contributed by atoms with van der Waals surface area (Å²) in [5.41, 5.74) is 7.40. The quantitative estimate of drug-likeness (QED) is 0.873. The number of hydrogen-bond acceptors (Lipinski definition) is 5. The van der Waals surface area contributed by atoms with Crippen molar-refractivity contribution in [2.24, 2.45) is 11.1 Å². The molecule has 1 aliphatic heterocycles. The highest BCUT2D eigenvalue weighted by molar-refractivity contribution is 7.16. The largest absolute Gasteiger partial charge is 0.381 e. The van der Waals surface area contributed by atoms with Crippen LogP contribution in [0.3, 0.4) is 0 Å². The topological polar surface area (TPSA) is 77.2 Å². The predicted octanol–water partition coefficient (Wildman–Crippen LogP) is 3.07. The second kappa shape index (κ2) is 7.42. The molecule has 3 N–H and O–H groups in total. The van der Waals surface area contributed by atoms with Crippen molar-refractivity contribution in [3.05, 3.63) is 35.2 Å². The highest BCUT2D eigenvalue weighted by Gasteiger charge is 2.39. The number of aromatic nitrogens is 1. The van der Waals surface area contributed by atoms with E-state index in [0.717, 1.165) is 17.7 Å². The molecule has 0 atom stereocenters. The van der Waals surface area contributed by atoms with E-state index in [0.29, 0.717) is 37.7 Å². The van der Waals surface area contributed by atoms with Crippen molar-refractivity contribution in [3.63, 3.8) is 0 Å². The zero-order valence-electron chi connectivity index (χ0n) is 13.9. The number of nitrogens with zero attached hydrogens (tertiary/aromatic N) is 1. The monoisotopic (exact) mass is 345 g/mol. The molecule has 1 aromatic heterocycles. The third-order valence-electron chi connectivity index (χ3n) is 4.61. The Hall–Kier alpha value is -1.76. The Morgan fingerprint density at radius 3 is 2.67 bits per heavy atom. The summed E-state index contributed by atoms with van der Waals surface area (Å²) in [6.45, 7) is 3.60. The molecule has 0 unspecified atom stereocenters. The molecule has 128 valence electrons. The van der Waals surface area contributed by atoms with Crippen molar-refractivity contribution in [1.29, 1.82) is 0 Å². The maximum absolute atomic E-state index is 12.8. The van der Waals surface area contributed by atoms with Crippen molar-refractivity contribution >= 4 is 22.4 Å². The van der Waals surface area contributed by atoms with Crippen molar-refractivity contribution < 1.29 is 9.53 Å². The molecule has 3 rings (SSSR count). The average molecular weight is 345 g/mol. The number of amides is 1. The Labute approximate surface area is 146 Å². The molecule has 5 nitrogen and oxygen atoms in total. The standard InChI is InChI=1S/C18H23N3O2S/c1-2-14-15(13-6-4-3-5-7-13)20-17(24-14)21-16(22)18(12-19)8-10-23-11-9-18/h3-7H,2,8-12,19H2,1H3,(H,20,21,22). The highest BCUT2D eigenvalue weighted by atomic mass is 32.1. The van der Waals surface area contributed by atoms with E-state index in [1.165, 1.54) is 4.88 Å². The molecule has 1 aliphatic rings. The lowest BCUT2D eigenvalue weighted by Gasteiger charge is -2.34. The number of hydrogen-bond donors (Lipinski definition) is 2. The van der Waals surface area contributed by atoms with E-state index < -0.39 is 5.41 Å². The minimum Gasteiger partial charge on any atom is -0.381 e. The number of aryl methyl sites for hydroxylation is 1.